The predicted molar refractivity (Wildman–Crippen MR) is 83.1 cm³/mol. The minimum atomic E-state index is -0.00323. The van der Waals surface area contributed by atoms with E-state index in [0.29, 0.717) is 18.1 Å². The van der Waals surface area contributed by atoms with Crippen LogP contribution >= 0.6 is 0 Å². The van der Waals surface area contributed by atoms with Crippen molar-refractivity contribution in [3.05, 3.63) is 42.0 Å². The molecule has 6 heteroatoms. The molecule has 1 aromatic carbocycles. The van der Waals surface area contributed by atoms with Gasteiger partial charge in [0.05, 0.1) is 12.5 Å². The number of nitrogens with zero attached hydrogens (tertiary/aromatic N) is 2. The van der Waals surface area contributed by atoms with Crippen molar-refractivity contribution >= 4 is 5.91 Å². The minimum Gasteiger partial charge on any atom is -0.454 e. The number of nitrogens with one attached hydrogen (secondary N) is 1. The summed E-state index contributed by atoms with van der Waals surface area (Å²) in [5.74, 6) is 2.86. The van der Waals surface area contributed by atoms with Gasteiger partial charge in [-0.3, -0.25) is 4.79 Å². The van der Waals surface area contributed by atoms with Gasteiger partial charge in [-0.05, 0) is 36.5 Å². The summed E-state index contributed by atoms with van der Waals surface area (Å²) in [6, 6.07) is 5.62. The molecule has 1 aliphatic carbocycles. The van der Waals surface area contributed by atoms with Crippen LogP contribution in [0.4, 0.5) is 0 Å². The number of carbonyl (C=O) groups is 1. The zero-order valence-corrected chi connectivity index (χ0v) is 13.0. The third kappa shape index (κ3) is 2.88. The average molecular weight is 313 g/mol. The third-order valence-electron chi connectivity index (χ3n) is 4.35. The van der Waals surface area contributed by atoms with Crippen molar-refractivity contribution in [3.8, 4) is 11.5 Å². The molecule has 2 heterocycles. The minimum absolute atomic E-state index is 0.00323. The molecule has 0 radical (unpaired) electrons. The van der Waals surface area contributed by atoms with Crippen LogP contribution in [0.3, 0.4) is 0 Å². The van der Waals surface area contributed by atoms with Gasteiger partial charge in [0.1, 0.15) is 5.82 Å². The Morgan fingerprint density at radius 1 is 1.39 bits per heavy atom. The van der Waals surface area contributed by atoms with Gasteiger partial charge in [0.15, 0.2) is 11.5 Å². The van der Waals surface area contributed by atoms with Gasteiger partial charge in [0.25, 0.3) is 0 Å². The molecule has 120 valence electrons. The van der Waals surface area contributed by atoms with Crippen molar-refractivity contribution in [2.75, 3.05) is 6.79 Å². The van der Waals surface area contributed by atoms with Crippen molar-refractivity contribution < 1.29 is 14.3 Å². The number of aromatic nitrogens is 2. The summed E-state index contributed by atoms with van der Waals surface area (Å²) in [7, 11) is 1.96. The van der Waals surface area contributed by atoms with Crippen molar-refractivity contribution in [1.29, 1.82) is 0 Å². The maximum Gasteiger partial charge on any atom is 0.231 e. The Bertz CT molecular complexity index is 736. The molecule has 1 N–H and O–H groups in total. The Hall–Kier alpha value is -2.50. The zero-order chi connectivity index (χ0) is 15.8. The Labute approximate surface area is 134 Å². The summed E-state index contributed by atoms with van der Waals surface area (Å²) < 4.78 is 12.6. The molecular formula is C17H19N3O3. The summed E-state index contributed by atoms with van der Waals surface area (Å²) in [4.78, 5) is 16.8. The molecule has 1 fully saturated rings. The van der Waals surface area contributed by atoms with E-state index in [1.165, 1.54) is 0 Å². The maximum absolute atomic E-state index is 12.4. The Balaban J connectivity index is 1.45. The van der Waals surface area contributed by atoms with Crippen molar-refractivity contribution in [3.63, 3.8) is 0 Å². The topological polar surface area (TPSA) is 65.4 Å². The fourth-order valence-electron chi connectivity index (χ4n) is 2.96. The highest BCUT2D eigenvalue weighted by Gasteiger charge is 2.35. The molecule has 1 aromatic heterocycles. The highest BCUT2D eigenvalue weighted by Crippen LogP contribution is 2.40. The van der Waals surface area contributed by atoms with Crippen LogP contribution in [0, 0.1) is 5.92 Å². The SMILES string of the molecule is Cn1ccnc1[C@H](NC(=O)Cc1ccc2c(c1)OCO2)C1CC1. The van der Waals surface area contributed by atoms with E-state index in [1.807, 2.05) is 36.0 Å². The second-order valence-corrected chi connectivity index (χ2v) is 6.14. The van der Waals surface area contributed by atoms with Gasteiger partial charge in [-0.1, -0.05) is 6.07 Å². The molecule has 23 heavy (non-hydrogen) atoms. The van der Waals surface area contributed by atoms with E-state index in [2.05, 4.69) is 10.3 Å². The van der Waals surface area contributed by atoms with Gasteiger partial charge in [-0.25, -0.2) is 4.98 Å². The van der Waals surface area contributed by atoms with Crippen LogP contribution in [0.15, 0.2) is 30.6 Å². The van der Waals surface area contributed by atoms with Gasteiger partial charge < -0.3 is 19.4 Å². The first kappa shape index (κ1) is 14.1. The summed E-state index contributed by atoms with van der Waals surface area (Å²) in [6.45, 7) is 0.244. The number of hydrogen-bond acceptors (Lipinski definition) is 4. The molecule has 0 bridgehead atoms. The van der Waals surface area contributed by atoms with E-state index in [9.17, 15) is 4.79 Å². The summed E-state index contributed by atoms with van der Waals surface area (Å²) in [5, 5.41) is 3.14. The lowest BCUT2D eigenvalue weighted by atomic mass is 10.1. The summed E-state index contributed by atoms with van der Waals surface area (Å²) in [6.07, 6.45) is 6.29. The second kappa shape index (κ2) is 5.61. The van der Waals surface area contributed by atoms with Crippen LogP contribution in [0.5, 0.6) is 11.5 Å². The highest BCUT2D eigenvalue weighted by molar-refractivity contribution is 5.79. The van der Waals surface area contributed by atoms with E-state index in [4.69, 9.17) is 9.47 Å². The molecule has 2 aliphatic rings. The smallest absolute Gasteiger partial charge is 0.231 e. The summed E-state index contributed by atoms with van der Waals surface area (Å²) in [5.41, 5.74) is 0.918. The highest BCUT2D eigenvalue weighted by atomic mass is 16.7. The van der Waals surface area contributed by atoms with E-state index in [1.54, 1.807) is 6.20 Å². The normalized spacial score (nSPS) is 17.1. The van der Waals surface area contributed by atoms with E-state index in [-0.39, 0.29) is 18.7 Å². The fraction of sp³-hybridized carbons (Fsp3) is 0.412. The number of benzene rings is 1. The monoisotopic (exact) mass is 313 g/mol. The standard InChI is InChI=1S/C17H19N3O3/c1-20-7-6-18-17(20)16(12-3-4-12)19-15(21)9-11-2-5-13-14(8-11)23-10-22-13/h2,5-8,12,16H,3-4,9-10H2,1H3,(H,19,21)/t16-/m1/s1. The first-order chi connectivity index (χ1) is 11.2. The Kier molecular flexibility index (Phi) is 3.44. The molecule has 2 aromatic rings. The molecule has 1 saturated carbocycles. The quantitative estimate of drug-likeness (QED) is 0.916. The predicted octanol–water partition coefficient (Wildman–Crippen LogP) is 1.96. The van der Waals surface area contributed by atoms with Crippen LogP contribution in [-0.4, -0.2) is 22.3 Å². The molecule has 1 atom stereocenters. The fourth-order valence-corrected chi connectivity index (χ4v) is 2.96. The van der Waals surface area contributed by atoms with Crippen LogP contribution in [0.2, 0.25) is 0 Å². The largest absolute Gasteiger partial charge is 0.454 e. The lowest BCUT2D eigenvalue weighted by Crippen LogP contribution is -2.32. The van der Waals surface area contributed by atoms with Crippen molar-refractivity contribution in [2.45, 2.75) is 25.3 Å². The molecule has 0 unspecified atom stereocenters. The maximum atomic E-state index is 12.4. The van der Waals surface area contributed by atoms with Gasteiger partial charge in [0, 0.05) is 19.4 Å². The Morgan fingerprint density at radius 2 is 2.22 bits per heavy atom. The number of hydrogen-bond donors (Lipinski definition) is 1. The number of carbonyl (C=O) groups excluding carboxylic acids is 1. The molecule has 1 aliphatic heterocycles. The first-order valence-corrected chi connectivity index (χ1v) is 7.86. The lowest BCUT2D eigenvalue weighted by Gasteiger charge is -2.18. The van der Waals surface area contributed by atoms with Crippen LogP contribution in [0.25, 0.3) is 0 Å². The van der Waals surface area contributed by atoms with E-state index in [0.717, 1.165) is 30.0 Å². The van der Waals surface area contributed by atoms with Crippen molar-refractivity contribution in [2.24, 2.45) is 13.0 Å². The number of imidazole rings is 1. The Morgan fingerprint density at radius 3 is 2.96 bits per heavy atom. The molecular weight excluding hydrogens is 294 g/mol. The van der Waals surface area contributed by atoms with Gasteiger partial charge in [-0.2, -0.15) is 0 Å². The summed E-state index contributed by atoms with van der Waals surface area (Å²) >= 11 is 0. The molecule has 1 amide bonds. The molecule has 0 spiro atoms. The second-order valence-electron chi connectivity index (χ2n) is 6.14. The van der Waals surface area contributed by atoms with Crippen LogP contribution in [0.1, 0.15) is 30.3 Å². The zero-order valence-electron chi connectivity index (χ0n) is 13.0. The van der Waals surface area contributed by atoms with Crippen LogP contribution < -0.4 is 14.8 Å². The molecule has 6 nitrogen and oxygen atoms in total. The number of rotatable bonds is 5. The van der Waals surface area contributed by atoms with Gasteiger partial charge in [0.2, 0.25) is 12.7 Å². The number of fused-ring (bicyclic) bond motifs is 1. The van der Waals surface area contributed by atoms with Gasteiger partial charge >= 0.3 is 0 Å². The van der Waals surface area contributed by atoms with Gasteiger partial charge in [-0.15, -0.1) is 0 Å². The number of aryl methyl sites for hydroxylation is 1. The first-order valence-electron chi connectivity index (χ1n) is 7.86. The lowest BCUT2D eigenvalue weighted by molar-refractivity contribution is -0.121. The van der Waals surface area contributed by atoms with E-state index >= 15 is 0 Å². The van der Waals surface area contributed by atoms with Crippen LogP contribution in [-0.2, 0) is 18.3 Å². The number of ether oxygens (including phenoxy) is 2. The van der Waals surface area contributed by atoms with Crippen molar-refractivity contribution in [1.82, 2.24) is 14.9 Å². The average Bonchev–Trinajstić information content (AvgIpc) is 3.12. The molecule has 4 rings (SSSR count). The third-order valence-corrected chi connectivity index (χ3v) is 4.35. The molecule has 0 saturated heterocycles. The van der Waals surface area contributed by atoms with E-state index < -0.39 is 0 Å². The number of amides is 1.